The lowest BCUT2D eigenvalue weighted by atomic mass is 9.75. The molecule has 3 rings (SSSR count). The monoisotopic (exact) mass is 368 g/mol. The van der Waals surface area contributed by atoms with Crippen LogP contribution >= 0.6 is 11.8 Å². The van der Waals surface area contributed by atoms with Gasteiger partial charge in [0.25, 0.3) is 0 Å². The Morgan fingerprint density at radius 3 is 3.08 bits per heavy atom. The van der Waals surface area contributed by atoms with Crippen molar-refractivity contribution in [2.75, 3.05) is 12.4 Å². The lowest BCUT2D eigenvalue weighted by molar-refractivity contribution is -0.118. The number of amidine groups is 1. The molecule has 1 fully saturated rings. The van der Waals surface area contributed by atoms with Gasteiger partial charge in [0.05, 0.1) is 18.9 Å². The highest BCUT2D eigenvalue weighted by atomic mass is 32.2. The van der Waals surface area contributed by atoms with E-state index in [4.69, 9.17) is 10.5 Å². The fourth-order valence-corrected chi connectivity index (χ4v) is 4.16. The third-order valence-electron chi connectivity index (χ3n) is 4.31. The Kier molecular flexibility index (Phi) is 5.05. The van der Waals surface area contributed by atoms with E-state index in [0.29, 0.717) is 17.3 Å². The Morgan fingerprint density at radius 2 is 2.36 bits per heavy atom. The van der Waals surface area contributed by atoms with E-state index < -0.39 is 17.2 Å². The summed E-state index contributed by atoms with van der Waals surface area (Å²) >= 11 is 1.40. The van der Waals surface area contributed by atoms with E-state index in [1.165, 1.54) is 37.0 Å². The molecule has 134 valence electrons. The maximum Gasteiger partial charge on any atom is 0.236 e. The van der Waals surface area contributed by atoms with Gasteiger partial charge >= 0.3 is 0 Å². The molecule has 1 aromatic rings. The Hall–Kier alpha value is -2.00. The number of nitrogens with one attached hydrogen (secondary N) is 1. The highest BCUT2D eigenvalue weighted by Crippen LogP contribution is 2.46. The van der Waals surface area contributed by atoms with Gasteiger partial charge < -0.3 is 10.5 Å². The van der Waals surface area contributed by atoms with Crippen LogP contribution in [-0.4, -0.2) is 35.8 Å². The molecule has 0 spiro atoms. The smallest absolute Gasteiger partial charge is 0.236 e. The summed E-state index contributed by atoms with van der Waals surface area (Å²) < 4.78 is 33.5. The van der Waals surface area contributed by atoms with Gasteiger partial charge in [0.2, 0.25) is 5.91 Å². The van der Waals surface area contributed by atoms with Gasteiger partial charge in [0.1, 0.15) is 17.2 Å². The maximum atomic E-state index is 14.4. The topological polar surface area (TPSA) is 89.1 Å². The highest BCUT2D eigenvalue weighted by Gasteiger charge is 2.49. The van der Waals surface area contributed by atoms with E-state index in [1.54, 1.807) is 0 Å². The number of nitrogens with two attached hydrogens (primary N) is 1. The largest absolute Gasteiger partial charge is 0.379 e. The normalized spacial score (nSPS) is 29.2. The van der Waals surface area contributed by atoms with Gasteiger partial charge in [-0.2, -0.15) is 5.10 Å². The van der Waals surface area contributed by atoms with Gasteiger partial charge in [-0.25, -0.2) is 19.2 Å². The second kappa shape index (κ2) is 7.09. The number of nitrogens with zero attached hydrogens (tertiary/aromatic N) is 2. The molecule has 1 aromatic carbocycles. The first-order valence-corrected chi connectivity index (χ1v) is 8.74. The number of carbonyl (C=O) groups is 1. The molecule has 1 amide bonds. The maximum absolute atomic E-state index is 14.4. The second-order valence-corrected chi connectivity index (χ2v) is 7.08. The van der Waals surface area contributed by atoms with E-state index in [-0.39, 0.29) is 30.1 Å². The molecule has 9 heteroatoms. The van der Waals surface area contributed by atoms with E-state index in [0.717, 1.165) is 6.07 Å². The van der Waals surface area contributed by atoms with Crippen LogP contribution in [0.5, 0.6) is 0 Å². The molecule has 25 heavy (non-hydrogen) atoms. The zero-order valence-corrected chi connectivity index (χ0v) is 14.4. The van der Waals surface area contributed by atoms with Crippen molar-refractivity contribution < 1.29 is 18.3 Å². The molecule has 0 aromatic heterocycles. The van der Waals surface area contributed by atoms with Crippen molar-refractivity contribution in [3.63, 3.8) is 0 Å². The molecular formula is C16H18F2N4O2S. The molecule has 2 heterocycles. The number of hydrogen-bond donors (Lipinski definition) is 2. The van der Waals surface area contributed by atoms with Crippen LogP contribution < -0.4 is 11.2 Å². The number of carbonyl (C=O) groups excluding carboxylic acids is 1. The average molecular weight is 368 g/mol. The molecule has 2 aliphatic rings. The highest BCUT2D eigenvalue weighted by molar-refractivity contribution is 8.13. The molecule has 3 N–H and O–H groups in total. The minimum absolute atomic E-state index is 0.0627. The number of ether oxygens (including phenoxy) is 1. The van der Waals surface area contributed by atoms with Crippen LogP contribution in [0.4, 0.5) is 8.78 Å². The van der Waals surface area contributed by atoms with Crippen molar-refractivity contribution in [2.45, 2.75) is 25.0 Å². The fraction of sp³-hybridized carbons (Fsp3) is 0.438. The number of thioether (sulfide) groups is 1. The number of aliphatic imine (C=N–C) groups is 1. The number of benzene rings is 1. The van der Waals surface area contributed by atoms with Crippen LogP contribution in [0.15, 0.2) is 28.3 Å². The van der Waals surface area contributed by atoms with E-state index in [2.05, 4.69) is 15.5 Å². The molecule has 2 aliphatic heterocycles. The molecular weight excluding hydrogens is 350 g/mol. The second-order valence-electron chi connectivity index (χ2n) is 6.04. The Balaban J connectivity index is 1.89. The molecule has 0 saturated carbocycles. The van der Waals surface area contributed by atoms with Crippen LogP contribution in [0, 0.1) is 17.6 Å². The Bertz CT molecular complexity index is 743. The first-order chi connectivity index (χ1) is 11.9. The predicted molar refractivity (Wildman–Crippen MR) is 92.3 cm³/mol. The lowest BCUT2D eigenvalue weighted by Crippen LogP contribution is -2.50. The fourth-order valence-electron chi connectivity index (χ4n) is 3.15. The summed E-state index contributed by atoms with van der Waals surface area (Å²) in [6.07, 6.45) is 1.71. The van der Waals surface area contributed by atoms with Gasteiger partial charge in [-0.05, 0) is 12.5 Å². The Morgan fingerprint density at radius 1 is 1.56 bits per heavy atom. The van der Waals surface area contributed by atoms with Crippen molar-refractivity contribution in [1.29, 1.82) is 0 Å². The van der Waals surface area contributed by atoms with E-state index in [9.17, 15) is 13.6 Å². The lowest BCUT2D eigenvalue weighted by Gasteiger charge is -2.45. The van der Waals surface area contributed by atoms with Crippen LogP contribution in [0.3, 0.4) is 0 Å². The van der Waals surface area contributed by atoms with Gasteiger partial charge in [0.15, 0.2) is 5.17 Å². The first kappa shape index (κ1) is 17.8. The molecule has 3 unspecified atom stereocenters. The summed E-state index contributed by atoms with van der Waals surface area (Å²) in [7, 11) is 0. The Labute approximate surface area is 147 Å². The molecule has 0 bridgehead atoms. The molecule has 6 nitrogen and oxygen atoms in total. The SMILES string of the molecule is CC(=O)N/N=C\C1CC2CSC(N)=NC2(c2ccc(F)cc2F)CO1. The summed E-state index contributed by atoms with van der Waals surface area (Å²) in [5.41, 5.74) is 7.50. The van der Waals surface area contributed by atoms with Crippen molar-refractivity contribution in [2.24, 2.45) is 21.7 Å². The zero-order chi connectivity index (χ0) is 18.0. The van der Waals surface area contributed by atoms with Crippen molar-refractivity contribution in [1.82, 2.24) is 5.43 Å². The van der Waals surface area contributed by atoms with Gasteiger partial charge in [0, 0.05) is 30.2 Å². The number of rotatable bonds is 3. The van der Waals surface area contributed by atoms with Crippen LogP contribution in [0.25, 0.3) is 0 Å². The molecule has 1 saturated heterocycles. The minimum atomic E-state index is -0.981. The summed E-state index contributed by atoms with van der Waals surface area (Å²) in [6.45, 7) is 1.45. The zero-order valence-electron chi connectivity index (χ0n) is 13.5. The summed E-state index contributed by atoms with van der Waals surface area (Å²) in [4.78, 5) is 15.4. The number of hydrazone groups is 1. The molecule has 0 aliphatic carbocycles. The average Bonchev–Trinajstić information content (AvgIpc) is 2.54. The standard InChI is InChI=1S/C16H18F2N4O2S/c1-9(23)22-20-6-12-4-10-7-25-15(19)21-16(10,8-24-12)13-3-2-11(17)5-14(13)18/h2-3,5-6,10,12H,4,7-8H2,1H3,(H2,19,21)(H,22,23)/b20-6-. The van der Waals surface area contributed by atoms with Crippen molar-refractivity contribution in [3.8, 4) is 0 Å². The minimum Gasteiger partial charge on any atom is -0.379 e. The van der Waals surface area contributed by atoms with Crippen LogP contribution in [0.1, 0.15) is 18.9 Å². The summed E-state index contributed by atoms with van der Waals surface area (Å²) in [6, 6.07) is 3.46. The summed E-state index contributed by atoms with van der Waals surface area (Å²) in [5.74, 6) is -1.01. The third kappa shape index (κ3) is 3.67. The van der Waals surface area contributed by atoms with Crippen molar-refractivity contribution in [3.05, 3.63) is 35.4 Å². The van der Waals surface area contributed by atoms with E-state index >= 15 is 0 Å². The van der Waals surface area contributed by atoms with Crippen molar-refractivity contribution >= 4 is 29.1 Å². The number of halogens is 2. The van der Waals surface area contributed by atoms with Crippen LogP contribution in [0.2, 0.25) is 0 Å². The van der Waals surface area contributed by atoms with Gasteiger partial charge in [-0.15, -0.1) is 0 Å². The quantitative estimate of drug-likeness (QED) is 0.628. The molecule has 3 atom stereocenters. The van der Waals surface area contributed by atoms with Gasteiger partial charge in [-0.3, -0.25) is 4.79 Å². The predicted octanol–water partition coefficient (Wildman–Crippen LogP) is 1.75. The van der Waals surface area contributed by atoms with Gasteiger partial charge in [-0.1, -0.05) is 17.8 Å². The van der Waals surface area contributed by atoms with E-state index in [1.807, 2.05) is 0 Å². The first-order valence-electron chi connectivity index (χ1n) is 7.76. The number of fused-ring (bicyclic) bond motifs is 1. The summed E-state index contributed by atoms with van der Waals surface area (Å²) in [5, 5.41) is 4.19. The van der Waals surface area contributed by atoms with Crippen LogP contribution in [-0.2, 0) is 15.1 Å². The third-order valence-corrected chi connectivity index (χ3v) is 5.27. The number of hydrogen-bond acceptors (Lipinski definition) is 6. The number of amides is 1. The molecule has 0 radical (unpaired) electrons.